The Labute approximate surface area is 167 Å². The summed E-state index contributed by atoms with van der Waals surface area (Å²) in [5.41, 5.74) is 2.27. The first kappa shape index (κ1) is 21.4. The van der Waals surface area contributed by atoms with Crippen LogP contribution in [-0.2, 0) is 15.6 Å². The minimum atomic E-state index is -3.40. The second-order valence-corrected chi connectivity index (χ2v) is 8.82. The zero-order valence-electron chi connectivity index (χ0n) is 15.5. The van der Waals surface area contributed by atoms with Crippen molar-refractivity contribution in [2.75, 3.05) is 20.1 Å². The van der Waals surface area contributed by atoms with Crippen molar-refractivity contribution in [3.63, 3.8) is 0 Å². The molecule has 1 amide bonds. The van der Waals surface area contributed by atoms with Gasteiger partial charge in [0.15, 0.2) is 9.84 Å². The third kappa shape index (κ3) is 5.09. The summed E-state index contributed by atoms with van der Waals surface area (Å²) >= 11 is 0. The Morgan fingerprint density at radius 2 is 1.74 bits per heavy atom. The molecule has 7 heteroatoms. The van der Waals surface area contributed by atoms with Crippen LogP contribution < -0.4 is 5.32 Å². The number of sulfone groups is 1. The summed E-state index contributed by atoms with van der Waals surface area (Å²) in [6, 6.07) is 13.9. The summed E-state index contributed by atoms with van der Waals surface area (Å²) in [6.45, 7) is 3.66. The van der Waals surface area contributed by atoms with Gasteiger partial charge in [0.25, 0.3) is 5.91 Å². The number of nitrogens with one attached hydrogen (secondary N) is 1. The maximum Gasteiger partial charge on any atom is 0.253 e. The molecule has 2 aromatic carbocycles. The van der Waals surface area contributed by atoms with Crippen molar-refractivity contribution in [2.45, 2.75) is 30.0 Å². The molecule has 0 saturated carbocycles. The van der Waals surface area contributed by atoms with Gasteiger partial charge in [0.1, 0.15) is 0 Å². The average Bonchev–Trinajstić information content (AvgIpc) is 3.16. The van der Waals surface area contributed by atoms with Gasteiger partial charge in [-0.15, -0.1) is 12.4 Å². The SMILES string of the molecule is Cc1ccc(S(=O)(=O)Cc2ccc(C(=O)N(C)C3CCNC3)cc2)cc1.Cl. The molecule has 0 spiro atoms. The van der Waals surface area contributed by atoms with Crippen molar-refractivity contribution in [3.8, 4) is 0 Å². The monoisotopic (exact) mass is 408 g/mol. The Balaban J connectivity index is 0.00000261. The summed E-state index contributed by atoms with van der Waals surface area (Å²) in [5, 5.41) is 3.25. The van der Waals surface area contributed by atoms with E-state index in [-0.39, 0.29) is 30.1 Å². The molecule has 1 unspecified atom stereocenters. The van der Waals surface area contributed by atoms with Gasteiger partial charge in [-0.3, -0.25) is 4.79 Å². The van der Waals surface area contributed by atoms with Gasteiger partial charge in [0.05, 0.1) is 10.6 Å². The highest BCUT2D eigenvalue weighted by atomic mass is 35.5. The maximum absolute atomic E-state index is 12.6. The normalized spacial score (nSPS) is 16.6. The van der Waals surface area contributed by atoms with E-state index in [2.05, 4.69) is 5.32 Å². The molecule has 1 aliphatic heterocycles. The second kappa shape index (κ2) is 8.87. The lowest BCUT2D eigenvalue weighted by molar-refractivity contribution is 0.0744. The van der Waals surface area contributed by atoms with E-state index in [1.807, 2.05) is 14.0 Å². The minimum absolute atomic E-state index is 0. The fraction of sp³-hybridized carbons (Fsp3) is 0.350. The van der Waals surface area contributed by atoms with Crippen LogP contribution in [0, 0.1) is 6.92 Å². The predicted molar refractivity (Wildman–Crippen MR) is 109 cm³/mol. The number of carbonyl (C=O) groups is 1. The van der Waals surface area contributed by atoms with E-state index in [9.17, 15) is 13.2 Å². The molecular weight excluding hydrogens is 384 g/mol. The number of halogens is 1. The van der Waals surface area contributed by atoms with E-state index >= 15 is 0 Å². The van der Waals surface area contributed by atoms with E-state index in [1.165, 1.54) is 0 Å². The van der Waals surface area contributed by atoms with Gasteiger partial charge in [-0.05, 0) is 49.7 Å². The molecule has 1 N–H and O–H groups in total. The molecule has 146 valence electrons. The summed E-state index contributed by atoms with van der Waals surface area (Å²) in [5.74, 6) is -0.112. The third-order valence-electron chi connectivity index (χ3n) is 4.84. The number of benzene rings is 2. The molecule has 5 nitrogen and oxygen atoms in total. The van der Waals surface area contributed by atoms with Crippen molar-refractivity contribution in [1.82, 2.24) is 10.2 Å². The molecule has 0 aliphatic carbocycles. The standard InChI is InChI=1S/C20H24N2O3S.ClH/c1-15-3-9-19(10-4-15)26(24,25)14-16-5-7-17(8-6-16)20(23)22(2)18-11-12-21-13-18;/h3-10,18,21H,11-14H2,1-2H3;1H. The Hall–Kier alpha value is -1.89. The number of hydrogen-bond acceptors (Lipinski definition) is 4. The van der Waals surface area contributed by atoms with Gasteiger partial charge >= 0.3 is 0 Å². The zero-order valence-corrected chi connectivity index (χ0v) is 17.1. The van der Waals surface area contributed by atoms with Crippen molar-refractivity contribution in [1.29, 1.82) is 0 Å². The molecule has 0 bridgehead atoms. The zero-order chi connectivity index (χ0) is 18.7. The quantitative estimate of drug-likeness (QED) is 0.826. The smallest absolute Gasteiger partial charge is 0.253 e. The lowest BCUT2D eigenvalue weighted by Gasteiger charge is -2.23. The third-order valence-corrected chi connectivity index (χ3v) is 6.54. The Bertz CT molecular complexity index is 874. The highest BCUT2D eigenvalue weighted by Crippen LogP contribution is 2.18. The number of hydrogen-bond donors (Lipinski definition) is 1. The largest absolute Gasteiger partial charge is 0.337 e. The number of rotatable bonds is 5. The number of aryl methyl sites for hydroxylation is 1. The van der Waals surface area contributed by atoms with Gasteiger partial charge in [0, 0.05) is 25.2 Å². The molecule has 2 aromatic rings. The van der Waals surface area contributed by atoms with Gasteiger partial charge in [0.2, 0.25) is 0 Å². The first-order valence-electron chi connectivity index (χ1n) is 8.73. The Kier molecular flexibility index (Phi) is 7.03. The van der Waals surface area contributed by atoms with Crippen LogP contribution in [0.4, 0.5) is 0 Å². The van der Waals surface area contributed by atoms with Crippen LogP contribution in [0.5, 0.6) is 0 Å². The molecule has 27 heavy (non-hydrogen) atoms. The van der Waals surface area contributed by atoms with Crippen LogP contribution in [0.25, 0.3) is 0 Å². The van der Waals surface area contributed by atoms with Crippen LogP contribution in [0.1, 0.15) is 27.9 Å². The summed E-state index contributed by atoms with van der Waals surface area (Å²) in [4.78, 5) is 14.6. The van der Waals surface area contributed by atoms with Crippen molar-refractivity contribution >= 4 is 28.2 Å². The van der Waals surface area contributed by atoms with Crippen LogP contribution in [0.15, 0.2) is 53.4 Å². The van der Waals surface area contributed by atoms with Gasteiger partial charge in [-0.1, -0.05) is 29.8 Å². The van der Waals surface area contributed by atoms with Gasteiger partial charge in [-0.25, -0.2) is 8.42 Å². The number of amides is 1. The molecule has 0 aromatic heterocycles. The Morgan fingerprint density at radius 3 is 2.30 bits per heavy atom. The molecule has 1 heterocycles. The fourth-order valence-electron chi connectivity index (χ4n) is 3.13. The highest BCUT2D eigenvalue weighted by Gasteiger charge is 2.24. The average molecular weight is 409 g/mol. The van der Waals surface area contributed by atoms with Gasteiger partial charge in [-0.2, -0.15) is 0 Å². The number of nitrogens with zero attached hydrogens (tertiary/aromatic N) is 1. The van der Waals surface area contributed by atoms with Crippen LogP contribution in [0.2, 0.25) is 0 Å². The lowest BCUT2D eigenvalue weighted by Crippen LogP contribution is -2.38. The fourth-order valence-corrected chi connectivity index (χ4v) is 4.48. The predicted octanol–water partition coefficient (Wildman–Crippen LogP) is 2.82. The molecule has 1 atom stereocenters. The lowest BCUT2D eigenvalue weighted by atomic mass is 10.1. The number of likely N-dealkylation sites (N-methyl/N-ethyl adjacent to an activating group) is 1. The van der Waals surface area contributed by atoms with Crippen LogP contribution in [-0.4, -0.2) is 45.4 Å². The first-order valence-corrected chi connectivity index (χ1v) is 10.4. The molecule has 0 radical (unpaired) electrons. The van der Waals surface area contributed by atoms with E-state index < -0.39 is 9.84 Å². The van der Waals surface area contributed by atoms with Crippen molar-refractivity contribution in [2.24, 2.45) is 0 Å². The molecule has 3 rings (SSSR count). The van der Waals surface area contributed by atoms with Crippen molar-refractivity contribution in [3.05, 3.63) is 65.2 Å². The highest BCUT2D eigenvalue weighted by molar-refractivity contribution is 7.90. The van der Waals surface area contributed by atoms with Gasteiger partial charge < -0.3 is 10.2 Å². The van der Waals surface area contributed by atoms with Crippen LogP contribution >= 0.6 is 12.4 Å². The molecule has 1 saturated heterocycles. The van der Waals surface area contributed by atoms with E-state index in [4.69, 9.17) is 0 Å². The topological polar surface area (TPSA) is 66.5 Å². The summed E-state index contributed by atoms with van der Waals surface area (Å²) in [6.07, 6.45) is 0.953. The number of carbonyl (C=O) groups excluding carboxylic acids is 1. The summed E-state index contributed by atoms with van der Waals surface area (Å²) in [7, 11) is -1.58. The minimum Gasteiger partial charge on any atom is -0.337 e. The van der Waals surface area contributed by atoms with E-state index in [1.54, 1.807) is 53.4 Å². The van der Waals surface area contributed by atoms with E-state index in [0.717, 1.165) is 25.1 Å². The Morgan fingerprint density at radius 1 is 1.11 bits per heavy atom. The molecule has 1 aliphatic rings. The maximum atomic E-state index is 12.6. The van der Waals surface area contributed by atoms with Crippen LogP contribution in [0.3, 0.4) is 0 Å². The summed E-state index contributed by atoms with van der Waals surface area (Å²) < 4.78 is 25.1. The van der Waals surface area contributed by atoms with E-state index in [0.29, 0.717) is 16.0 Å². The second-order valence-electron chi connectivity index (χ2n) is 6.83. The molecule has 1 fully saturated rings. The van der Waals surface area contributed by atoms with Crippen molar-refractivity contribution < 1.29 is 13.2 Å². The first-order chi connectivity index (χ1) is 12.4. The molecular formula is C20H25ClN2O3S.